The molecule has 0 fully saturated rings. The smallest absolute Gasteiger partial charge is 0.290 e. The molecule has 1 aromatic rings. The molecule has 0 saturated heterocycles. The summed E-state index contributed by atoms with van der Waals surface area (Å²) in [5.74, 6) is -1.17. The van der Waals surface area contributed by atoms with Gasteiger partial charge in [0.1, 0.15) is 0 Å². The molecule has 16 heavy (non-hydrogen) atoms. The average molecular weight is 282 g/mol. The molecule has 0 saturated carbocycles. The first-order valence-corrected chi connectivity index (χ1v) is 5.98. The quantitative estimate of drug-likeness (QED) is 0.618. The number of rotatable bonds is 4. The molecule has 1 heterocycles. The maximum Gasteiger partial charge on any atom is 0.297 e. The zero-order valence-corrected chi connectivity index (χ0v) is 8.89. The summed E-state index contributed by atoms with van der Waals surface area (Å²) in [7, 11) is 0.327. The third-order valence-electron chi connectivity index (χ3n) is 1.48. The van der Waals surface area contributed by atoms with Crippen LogP contribution in [-0.2, 0) is 15.6 Å². The van der Waals surface area contributed by atoms with E-state index in [0.717, 1.165) is 0 Å². The Morgan fingerprint density at radius 1 is 1.25 bits per heavy atom. The normalized spacial score (nSPS) is 12.7. The highest BCUT2D eigenvalue weighted by atomic mass is 35.7. The van der Waals surface area contributed by atoms with Gasteiger partial charge in [-0.2, -0.15) is 0 Å². The lowest BCUT2D eigenvalue weighted by Crippen LogP contribution is -2.15. The Labute approximate surface area is 91.4 Å². The number of aromatic nitrogens is 3. The van der Waals surface area contributed by atoms with Gasteiger partial charge in [0.05, 0.1) is 6.54 Å². The molecule has 0 aliphatic carbocycles. The maximum absolute atomic E-state index is 12.3. The molecule has 11 heteroatoms. The molecule has 5 nitrogen and oxygen atoms in total. The highest BCUT2D eigenvalue weighted by Gasteiger charge is 2.28. The summed E-state index contributed by atoms with van der Waals surface area (Å²) in [4.78, 5) is 0. The van der Waals surface area contributed by atoms with Crippen molar-refractivity contribution in [3.8, 4) is 0 Å². The highest BCUT2D eigenvalue weighted by molar-refractivity contribution is 8.13. The summed E-state index contributed by atoms with van der Waals surface area (Å²) in [6.45, 7) is -1.27. The standard InChI is InChI=1S/C5H4ClF4N3O2S/c6-16(14,15)5-12-11-4(3(9)10)13(5)1-2(7)8/h2-3H,1H2. The summed E-state index contributed by atoms with van der Waals surface area (Å²) >= 11 is 0. The van der Waals surface area contributed by atoms with E-state index >= 15 is 0 Å². The Morgan fingerprint density at radius 3 is 2.19 bits per heavy atom. The third kappa shape index (κ3) is 2.82. The summed E-state index contributed by atoms with van der Waals surface area (Å²) in [5, 5.41) is 4.52. The molecule has 0 radical (unpaired) electrons. The summed E-state index contributed by atoms with van der Waals surface area (Å²) in [5.41, 5.74) is 0. The molecule has 1 rings (SSSR count). The molecule has 0 aliphatic heterocycles. The van der Waals surface area contributed by atoms with Gasteiger partial charge in [0.2, 0.25) is 5.82 Å². The van der Waals surface area contributed by atoms with Gasteiger partial charge < -0.3 is 0 Å². The molecule has 0 N–H and O–H groups in total. The van der Waals surface area contributed by atoms with Crippen molar-refractivity contribution in [2.24, 2.45) is 0 Å². The maximum atomic E-state index is 12.3. The molecule has 0 aromatic carbocycles. The first-order valence-electron chi connectivity index (χ1n) is 3.67. The fourth-order valence-electron chi connectivity index (χ4n) is 0.951. The van der Waals surface area contributed by atoms with Crippen LogP contribution in [0.2, 0.25) is 0 Å². The van der Waals surface area contributed by atoms with Crippen molar-refractivity contribution in [3.63, 3.8) is 0 Å². The van der Waals surface area contributed by atoms with Crippen LogP contribution in [0.3, 0.4) is 0 Å². The Bertz CT molecular complexity index is 474. The van der Waals surface area contributed by atoms with E-state index < -0.39 is 39.4 Å². The van der Waals surface area contributed by atoms with E-state index in [0.29, 0.717) is 0 Å². The van der Waals surface area contributed by atoms with Gasteiger partial charge >= 0.3 is 0 Å². The molecule has 0 spiro atoms. The van der Waals surface area contributed by atoms with E-state index in [1.807, 2.05) is 0 Å². The lowest BCUT2D eigenvalue weighted by molar-refractivity contribution is 0.103. The van der Waals surface area contributed by atoms with Gasteiger partial charge in [0, 0.05) is 10.7 Å². The highest BCUT2D eigenvalue weighted by Crippen LogP contribution is 2.22. The average Bonchev–Trinajstić information content (AvgIpc) is 2.45. The SMILES string of the molecule is O=S(=O)(Cl)c1nnc(C(F)F)n1CC(F)F. The van der Waals surface area contributed by atoms with Crippen LogP contribution < -0.4 is 0 Å². The summed E-state index contributed by atoms with van der Waals surface area (Å²) < 4.78 is 70.4. The third-order valence-corrected chi connectivity index (χ3v) is 2.63. The summed E-state index contributed by atoms with van der Waals surface area (Å²) in [6.07, 6.45) is -6.26. The second-order valence-electron chi connectivity index (χ2n) is 2.58. The van der Waals surface area contributed by atoms with Gasteiger partial charge in [-0.05, 0) is 0 Å². The largest absolute Gasteiger partial charge is 0.297 e. The van der Waals surface area contributed by atoms with Crippen molar-refractivity contribution in [2.75, 3.05) is 0 Å². The molecule has 0 aliphatic rings. The van der Waals surface area contributed by atoms with E-state index in [-0.39, 0.29) is 4.57 Å². The molecule has 0 bridgehead atoms. The van der Waals surface area contributed by atoms with E-state index in [9.17, 15) is 26.0 Å². The van der Waals surface area contributed by atoms with E-state index in [1.165, 1.54) is 0 Å². The minimum atomic E-state index is -4.50. The number of nitrogens with zero attached hydrogens (tertiary/aromatic N) is 3. The molecular weight excluding hydrogens is 278 g/mol. The van der Waals surface area contributed by atoms with Gasteiger partial charge in [-0.15, -0.1) is 10.2 Å². The molecule has 0 unspecified atom stereocenters. The van der Waals surface area contributed by atoms with Crippen LogP contribution in [0.1, 0.15) is 12.2 Å². The van der Waals surface area contributed by atoms with Gasteiger partial charge in [-0.25, -0.2) is 26.0 Å². The van der Waals surface area contributed by atoms with Crippen molar-refractivity contribution < 1.29 is 26.0 Å². The first-order chi connectivity index (χ1) is 7.23. The van der Waals surface area contributed by atoms with Crippen molar-refractivity contribution in [3.05, 3.63) is 5.82 Å². The van der Waals surface area contributed by atoms with Gasteiger partial charge in [-0.3, -0.25) is 4.57 Å². The lowest BCUT2D eigenvalue weighted by atomic mass is 10.5. The molecule has 92 valence electrons. The monoisotopic (exact) mass is 281 g/mol. The minimum absolute atomic E-state index is 0.0810. The Morgan fingerprint density at radius 2 is 1.81 bits per heavy atom. The molecular formula is C5H4ClF4N3O2S. The topological polar surface area (TPSA) is 64.8 Å². The van der Waals surface area contributed by atoms with Gasteiger partial charge in [0.25, 0.3) is 27.1 Å². The van der Waals surface area contributed by atoms with Crippen LogP contribution in [0.4, 0.5) is 17.6 Å². The van der Waals surface area contributed by atoms with Crippen LogP contribution in [-0.4, -0.2) is 29.6 Å². The van der Waals surface area contributed by atoms with Crippen LogP contribution in [0.15, 0.2) is 5.16 Å². The predicted octanol–water partition coefficient (Wildman–Crippen LogP) is 1.41. The van der Waals surface area contributed by atoms with Crippen LogP contribution in [0.25, 0.3) is 0 Å². The number of hydrogen-bond acceptors (Lipinski definition) is 4. The van der Waals surface area contributed by atoms with Crippen molar-refractivity contribution in [2.45, 2.75) is 24.6 Å². The first kappa shape index (κ1) is 13.2. The zero-order valence-electron chi connectivity index (χ0n) is 7.32. The second-order valence-corrected chi connectivity index (χ2v) is 5.04. The lowest BCUT2D eigenvalue weighted by Gasteiger charge is -2.06. The van der Waals surface area contributed by atoms with Gasteiger partial charge in [-0.1, -0.05) is 0 Å². The van der Waals surface area contributed by atoms with Gasteiger partial charge in [0.15, 0.2) is 0 Å². The van der Waals surface area contributed by atoms with Crippen LogP contribution in [0, 0.1) is 0 Å². The molecule has 1 aromatic heterocycles. The second kappa shape index (κ2) is 4.53. The zero-order chi connectivity index (χ0) is 12.5. The summed E-state index contributed by atoms with van der Waals surface area (Å²) in [6, 6.07) is 0. The van der Waals surface area contributed by atoms with Crippen molar-refractivity contribution in [1.82, 2.24) is 14.8 Å². The Kier molecular flexibility index (Phi) is 3.73. The predicted molar refractivity (Wildman–Crippen MR) is 44.0 cm³/mol. The fourth-order valence-corrected chi connectivity index (χ4v) is 1.86. The fraction of sp³-hybridized carbons (Fsp3) is 0.600. The van der Waals surface area contributed by atoms with Crippen molar-refractivity contribution in [1.29, 1.82) is 0 Å². The van der Waals surface area contributed by atoms with E-state index in [1.54, 1.807) is 0 Å². The van der Waals surface area contributed by atoms with E-state index in [4.69, 9.17) is 10.7 Å². The van der Waals surface area contributed by atoms with E-state index in [2.05, 4.69) is 10.2 Å². The van der Waals surface area contributed by atoms with Crippen LogP contribution in [0.5, 0.6) is 0 Å². The van der Waals surface area contributed by atoms with Crippen molar-refractivity contribution >= 4 is 19.7 Å². The molecule has 0 atom stereocenters. The molecule has 0 amide bonds. The number of halogens is 5. The Hall–Kier alpha value is -0.900. The minimum Gasteiger partial charge on any atom is -0.290 e. The Balaban J connectivity index is 3.31. The van der Waals surface area contributed by atoms with Crippen LogP contribution >= 0.6 is 10.7 Å². The number of alkyl halides is 4. The number of hydrogen-bond donors (Lipinski definition) is 0.